The summed E-state index contributed by atoms with van der Waals surface area (Å²) in [6.45, 7) is 6.47. The predicted octanol–water partition coefficient (Wildman–Crippen LogP) is 5.61. The molecule has 5 rings (SSSR count). The van der Waals surface area contributed by atoms with E-state index < -0.39 is 6.02 Å². The Kier molecular flexibility index (Phi) is 3.00. The molecule has 0 saturated carbocycles. The minimum atomic E-state index is -0.748. The van der Waals surface area contributed by atoms with Crippen LogP contribution in [-0.4, -0.2) is 17.7 Å². The molecule has 0 spiro atoms. The molecule has 4 nitrogen and oxygen atoms in total. The number of rotatable bonds is 2. The highest BCUT2D eigenvalue weighted by Gasteiger charge is 2.32. The maximum Gasteiger partial charge on any atom is 0.159 e. The molecule has 2 aromatic carbocycles. The Labute approximate surface area is 154 Å². The Balaban J connectivity index is 1.78. The molecule has 1 aliphatic rings. The zero-order chi connectivity index (χ0) is 18.8. The molecule has 0 N–H and O–H groups in total. The number of aryl methyl sites for hydroxylation is 1. The van der Waals surface area contributed by atoms with Gasteiger partial charge in [-0.1, -0.05) is 30.3 Å². The number of nitrogens with zero attached hydrogens (tertiary/aromatic N) is 3. The fraction of sp³-hybridized carbons (Fsp3) is 0.227. The van der Waals surface area contributed by atoms with Gasteiger partial charge in [-0.3, -0.25) is 0 Å². The van der Waals surface area contributed by atoms with Crippen molar-refractivity contribution in [3.63, 3.8) is 0 Å². The van der Waals surface area contributed by atoms with E-state index in [2.05, 4.69) is 39.9 Å². The van der Waals surface area contributed by atoms with Crippen molar-refractivity contribution in [1.29, 1.82) is 0 Å². The van der Waals surface area contributed by atoms with Gasteiger partial charge in [-0.25, -0.2) is 4.98 Å². The Morgan fingerprint density at radius 1 is 1.08 bits per heavy atom. The second kappa shape index (κ2) is 5.49. The van der Waals surface area contributed by atoms with Crippen LogP contribution in [0.3, 0.4) is 0 Å². The van der Waals surface area contributed by atoms with Crippen LogP contribution in [-0.2, 0) is 0 Å². The average molecular weight is 344 g/mol. The van der Waals surface area contributed by atoms with Crippen LogP contribution < -0.4 is 9.80 Å². The molecule has 130 valence electrons. The van der Waals surface area contributed by atoms with E-state index in [4.69, 9.17) is 5.79 Å². The zero-order valence-corrected chi connectivity index (χ0v) is 15.2. The summed E-state index contributed by atoms with van der Waals surface area (Å²) in [5, 5.41) is 2.22. The van der Waals surface area contributed by atoms with E-state index in [9.17, 15) is 0 Å². The Bertz CT molecular complexity index is 1180. The highest BCUT2D eigenvalue weighted by molar-refractivity contribution is 6.10. The standard InChI is InChI=1S/C22H21N3O/c1-14(2)24-13-25(22-18(24)8-6-12-23-22)20-15(3)10-11-17-16-7-4-5-9-19(16)26-21(17)20/h4-12,14H,13H2,1-3H3/i14D. The lowest BCUT2D eigenvalue weighted by Crippen LogP contribution is -2.33. The fourth-order valence-corrected chi connectivity index (χ4v) is 3.86. The van der Waals surface area contributed by atoms with Gasteiger partial charge < -0.3 is 14.2 Å². The molecule has 0 aliphatic carbocycles. The summed E-state index contributed by atoms with van der Waals surface area (Å²) in [7, 11) is 0. The monoisotopic (exact) mass is 344 g/mol. The van der Waals surface area contributed by atoms with Crippen LogP contribution in [0.15, 0.2) is 59.1 Å². The molecule has 4 aromatic rings. The van der Waals surface area contributed by atoms with E-state index in [-0.39, 0.29) is 0 Å². The van der Waals surface area contributed by atoms with Crippen LogP contribution in [0.5, 0.6) is 0 Å². The summed E-state index contributed by atoms with van der Waals surface area (Å²) in [5.74, 6) is 0.869. The van der Waals surface area contributed by atoms with Gasteiger partial charge in [0.25, 0.3) is 0 Å². The van der Waals surface area contributed by atoms with Crippen LogP contribution in [0.25, 0.3) is 21.9 Å². The molecule has 3 heterocycles. The maximum atomic E-state index is 8.56. The van der Waals surface area contributed by atoms with Crippen LogP contribution in [0, 0.1) is 6.92 Å². The van der Waals surface area contributed by atoms with Crippen molar-refractivity contribution in [3.05, 3.63) is 60.3 Å². The van der Waals surface area contributed by atoms with Crippen LogP contribution in [0.2, 0.25) is 0 Å². The summed E-state index contributed by atoms with van der Waals surface area (Å²) in [5.41, 5.74) is 4.89. The van der Waals surface area contributed by atoms with Gasteiger partial charge in [-0.15, -0.1) is 0 Å². The quantitative estimate of drug-likeness (QED) is 0.473. The Hall–Kier alpha value is -3.01. The minimum absolute atomic E-state index is 0.569. The highest BCUT2D eigenvalue weighted by atomic mass is 16.3. The maximum absolute atomic E-state index is 8.56. The molecular weight excluding hydrogens is 322 g/mol. The van der Waals surface area contributed by atoms with Crippen LogP contribution >= 0.6 is 0 Å². The van der Waals surface area contributed by atoms with E-state index in [0.717, 1.165) is 44.7 Å². The summed E-state index contributed by atoms with van der Waals surface area (Å²) in [4.78, 5) is 8.88. The van der Waals surface area contributed by atoms with Crippen LogP contribution in [0.4, 0.5) is 17.2 Å². The predicted molar refractivity (Wildman–Crippen MR) is 107 cm³/mol. The number of anilines is 3. The summed E-state index contributed by atoms with van der Waals surface area (Å²) >= 11 is 0. The van der Waals surface area contributed by atoms with Gasteiger partial charge in [-0.05, 0) is 44.5 Å². The summed E-state index contributed by atoms with van der Waals surface area (Å²) in [6.07, 6.45) is 1.81. The second-order valence-electron chi connectivity index (χ2n) is 7.00. The number of hydrogen-bond donors (Lipinski definition) is 0. The van der Waals surface area contributed by atoms with Crippen molar-refractivity contribution in [2.45, 2.75) is 26.8 Å². The SMILES string of the molecule is [2H]C(C)(C)N1CN(c2c(C)ccc3c2oc2ccccc23)c2ncccc21. The lowest BCUT2D eigenvalue weighted by Gasteiger charge is -2.25. The smallest absolute Gasteiger partial charge is 0.159 e. The van der Waals surface area contributed by atoms with Gasteiger partial charge >= 0.3 is 0 Å². The molecule has 0 radical (unpaired) electrons. The van der Waals surface area contributed by atoms with Gasteiger partial charge in [0.05, 0.1) is 19.4 Å². The number of para-hydroxylation sites is 1. The first-order valence-electron chi connectivity index (χ1n) is 9.36. The summed E-state index contributed by atoms with van der Waals surface area (Å²) in [6, 6.07) is 15.6. The van der Waals surface area contributed by atoms with Gasteiger partial charge in [0.15, 0.2) is 11.4 Å². The molecule has 0 fully saturated rings. The van der Waals surface area contributed by atoms with Gasteiger partial charge in [-0.2, -0.15) is 0 Å². The molecule has 0 saturated heterocycles. The average Bonchev–Trinajstić information content (AvgIpc) is 3.20. The molecule has 0 unspecified atom stereocenters. The third-order valence-electron chi connectivity index (χ3n) is 5.13. The third-order valence-corrected chi connectivity index (χ3v) is 5.13. The number of benzene rings is 2. The Morgan fingerprint density at radius 3 is 2.77 bits per heavy atom. The van der Waals surface area contributed by atoms with Crippen LogP contribution in [0.1, 0.15) is 20.8 Å². The second-order valence-corrected chi connectivity index (χ2v) is 7.00. The first-order valence-corrected chi connectivity index (χ1v) is 8.86. The van der Waals surface area contributed by atoms with E-state index in [0.29, 0.717) is 6.67 Å². The van der Waals surface area contributed by atoms with E-state index in [1.807, 2.05) is 44.2 Å². The number of fused-ring (bicyclic) bond motifs is 4. The van der Waals surface area contributed by atoms with Crippen molar-refractivity contribution in [3.8, 4) is 0 Å². The number of aromatic nitrogens is 1. The van der Waals surface area contributed by atoms with Crippen molar-refractivity contribution in [2.24, 2.45) is 0 Å². The number of hydrogen-bond acceptors (Lipinski definition) is 4. The fourth-order valence-electron chi connectivity index (χ4n) is 3.86. The van der Waals surface area contributed by atoms with Gasteiger partial charge in [0.2, 0.25) is 0 Å². The third kappa shape index (κ3) is 2.05. The molecular formula is C22H21N3O. The summed E-state index contributed by atoms with van der Waals surface area (Å²) < 4.78 is 14.8. The molecule has 26 heavy (non-hydrogen) atoms. The largest absolute Gasteiger partial charge is 0.454 e. The van der Waals surface area contributed by atoms with E-state index >= 15 is 0 Å². The zero-order valence-electron chi connectivity index (χ0n) is 16.2. The topological polar surface area (TPSA) is 32.5 Å². The molecule has 4 heteroatoms. The normalized spacial score (nSPS) is 15.0. The van der Waals surface area contributed by atoms with Gasteiger partial charge in [0, 0.05) is 23.0 Å². The van der Waals surface area contributed by atoms with Crippen molar-refractivity contribution in [1.82, 2.24) is 4.98 Å². The van der Waals surface area contributed by atoms with Crippen molar-refractivity contribution < 1.29 is 5.79 Å². The lowest BCUT2D eigenvalue weighted by atomic mass is 10.1. The number of pyridine rings is 1. The molecule has 0 atom stereocenters. The van der Waals surface area contributed by atoms with E-state index in [1.165, 1.54) is 0 Å². The molecule has 1 aliphatic heterocycles. The Morgan fingerprint density at radius 2 is 1.92 bits per heavy atom. The molecule has 0 amide bonds. The molecule has 0 bridgehead atoms. The van der Waals surface area contributed by atoms with Crippen molar-refractivity contribution >= 4 is 39.1 Å². The minimum Gasteiger partial charge on any atom is -0.454 e. The lowest BCUT2D eigenvalue weighted by molar-refractivity contribution is 0.664. The number of furan rings is 1. The first-order chi connectivity index (χ1) is 12.9. The first kappa shape index (κ1) is 14.2. The van der Waals surface area contributed by atoms with Gasteiger partial charge in [0.1, 0.15) is 5.58 Å². The highest BCUT2D eigenvalue weighted by Crippen LogP contribution is 2.45. The van der Waals surface area contributed by atoms with Crippen molar-refractivity contribution in [2.75, 3.05) is 16.5 Å². The molecule has 2 aromatic heterocycles. The van der Waals surface area contributed by atoms with E-state index in [1.54, 1.807) is 6.20 Å².